The predicted octanol–water partition coefficient (Wildman–Crippen LogP) is 3.52. The van der Waals surface area contributed by atoms with E-state index in [1.165, 1.54) is 0 Å². The van der Waals surface area contributed by atoms with Crippen LogP contribution < -0.4 is 4.90 Å². The van der Waals surface area contributed by atoms with Crippen LogP contribution >= 0.6 is 0 Å². The van der Waals surface area contributed by atoms with E-state index in [1.54, 1.807) is 0 Å². The Labute approximate surface area is 120 Å². The second kappa shape index (κ2) is 5.63. The highest BCUT2D eigenvalue weighted by molar-refractivity contribution is 5.84. The first-order valence-corrected chi connectivity index (χ1v) is 6.85. The molecule has 0 saturated heterocycles. The van der Waals surface area contributed by atoms with Crippen LogP contribution in [0.3, 0.4) is 0 Å². The zero-order valence-corrected chi connectivity index (χ0v) is 12.4. The number of hydrogen-bond acceptors (Lipinski definition) is 3. The molecule has 0 fully saturated rings. The van der Waals surface area contributed by atoms with Gasteiger partial charge in [0.05, 0.1) is 12.1 Å². The number of fused-ring (bicyclic) bond motifs is 1. The maximum Gasteiger partial charge on any atom is 0.130 e. The standard InChI is InChI=1S/C17H22N2O/c1-5-10-19(17(2,3)4)16-11-13(12-20)14-8-6-7-9-15(14)18-16/h5-9,11,20H,1,10,12H2,2-4H3. The number of benzene rings is 1. The number of aliphatic hydroxyl groups is 1. The number of rotatable bonds is 4. The van der Waals surface area contributed by atoms with E-state index in [-0.39, 0.29) is 12.1 Å². The van der Waals surface area contributed by atoms with Crippen molar-refractivity contribution in [1.29, 1.82) is 0 Å². The Morgan fingerprint density at radius 3 is 2.60 bits per heavy atom. The number of anilines is 1. The molecule has 3 heteroatoms. The summed E-state index contributed by atoms with van der Waals surface area (Å²) in [5.74, 6) is 0.875. The molecule has 1 aromatic carbocycles. The largest absolute Gasteiger partial charge is 0.392 e. The fraction of sp³-hybridized carbons (Fsp3) is 0.353. The van der Waals surface area contributed by atoms with Crippen LogP contribution in [-0.2, 0) is 6.61 Å². The van der Waals surface area contributed by atoms with Crippen molar-refractivity contribution in [3.63, 3.8) is 0 Å². The zero-order chi connectivity index (χ0) is 14.8. The SMILES string of the molecule is C=CCN(c1cc(CO)c2ccccc2n1)C(C)(C)C. The summed E-state index contributed by atoms with van der Waals surface area (Å²) >= 11 is 0. The van der Waals surface area contributed by atoms with Crippen molar-refractivity contribution < 1.29 is 5.11 Å². The van der Waals surface area contributed by atoms with Crippen LogP contribution in [0.1, 0.15) is 26.3 Å². The van der Waals surface area contributed by atoms with Gasteiger partial charge in [0, 0.05) is 17.5 Å². The quantitative estimate of drug-likeness (QED) is 0.864. The number of para-hydroxylation sites is 1. The summed E-state index contributed by atoms with van der Waals surface area (Å²) in [4.78, 5) is 6.92. The Hall–Kier alpha value is -1.87. The Balaban J connectivity index is 2.61. The number of aliphatic hydroxyl groups excluding tert-OH is 1. The molecule has 0 radical (unpaired) electrons. The lowest BCUT2D eigenvalue weighted by Gasteiger charge is -2.36. The van der Waals surface area contributed by atoms with Crippen LogP contribution in [0.2, 0.25) is 0 Å². The number of aromatic nitrogens is 1. The van der Waals surface area contributed by atoms with Crippen LogP contribution in [0.25, 0.3) is 10.9 Å². The monoisotopic (exact) mass is 270 g/mol. The Morgan fingerprint density at radius 1 is 1.30 bits per heavy atom. The molecule has 1 aromatic heterocycles. The van der Waals surface area contributed by atoms with E-state index in [0.29, 0.717) is 0 Å². The summed E-state index contributed by atoms with van der Waals surface area (Å²) in [6, 6.07) is 9.87. The van der Waals surface area contributed by atoms with Crippen molar-refractivity contribution in [3.8, 4) is 0 Å². The van der Waals surface area contributed by atoms with E-state index in [0.717, 1.165) is 28.8 Å². The molecule has 20 heavy (non-hydrogen) atoms. The molecule has 0 spiro atoms. The van der Waals surface area contributed by atoms with Crippen molar-refractivity contribution in [2.75, 3.05) is 11.4 Å². The molecule has 2 rings (SSSR count). The van der Waals surface area contributed by atoms with E-state index >= 15 is 0 Å². The average Bonchev–Trinajstić information content (AvgIpc) is 2.42. The van der Waals surface area contributed by atoms with Crippen molar-refractivity contribution in [2.45, 2.75) is 32.9 Å². The molecule has 106 valence electrons. The highest BCUT2D eigenvalue weighted by Gasteiger charge is 2.22. The molecule has 0 aliphatic rings. The first-order chi connectivity index (χ1) is 9.47. The maximum absolute atomic E-state index is 9.61. The molecule has 2 aromatic rings. The highest BCUT2D eigenvalue weighted by atomic mass is 16.3. The van der Waals surface area contributed by atoms with Crippen LogP contribution in [-0.4, -0.2) is 22.2 Å². The predicted molar refractivity (Wildman–Crippen MR) is 85.0 cm³/mol. The molecule has 1 heterocycles. The van der Waals surface area contributed by atoms with Gasteiger partial charge in [0.25, 0.3) is 0 Å². The first kappa shape index (κ1) is 14.5. The van der Waals surface area contributed by atoms with Gasteiger partial charge in [0.1, 0.15) is 5.82 Å². The van der Waals surface area contributed by atoms with Crippen LogP contribution in [0, 0.1) is 0 Å². The van der Waals surface area contributed by atoms with E-state index < -0.39 is 0 Å². The summed E-state index contributed by atoms with van der Waals surface area (Å²) in [6.07, 6.45) is 1.88. The van der Waals surface area contributed by atoms with Crippen molar-refractivity contribution in [1.82, 2.24) is 4.98 Å². The van der Waals surface area contributed by atoms with Gasteiger partial charge in [-0.1, -0.05) is 24.3 Å². The van der Waals surface area contributed by atoms with Gasteiger partial charge in [0.15, 0.2) is 0 Å². The minimum absolute atomic E-state index is 0.0160. The summed E-state index contributed by atoms with van der Waals surface area (Å²) in [5.41, 5.74) is 1.76. The smallest absolute Gasteiger partial charge is 0.130 e. The molecule has 1 N–H and O–H groups in total. The average molecular weight is 270 g/mol. The minimum atomic E-state index is -0.0592. The van der Waals surface area contributed by atoms with Crippen LogP contribution in [0.5, 0.6) is 0 Å². The van der Waals surface area contributed by atoms with E-state index in [9.17, 15) is 5.11 Å². The summed E-state index contributed by atoms with van der Waals surface area (Å²) < 4.78 is 0. The topological polar surface area (TPSA) is 36.4 Å². The Morgan fingerprint density at radius 2 is 2.00 bits per heavy atom. The lowest BCUT2D eigenvalue weighted by molar-refractivity contribution is 0.283. The van der Waals surface area contributed by atoms with E-state index in [1.807, 2.05) is 36.4 Å². The van der Waals surface area contributed by atoms with Crippen molar-refractivity contribution in [2.24, 2.45) is 0 Å². The van der Waals surface area contributed by atoms with Gasteiger partial charge in [-0.05, 0) is 38.5 Å². The zero-order valence-electron chi connectivity index (χ0n) is 12.4. The third kappa shape index (κ3) is 2.83. The van der Waals surface area contributed by atoms with Gasteiger partial charge in [-0.3, -0.25) is 0 Å². The maximum atomic E-state index is 9.61. The minimum Gasteiger partial charge on any atom is -0.392 e. The second-order valence-electron chi connectivity index (χ2n) is 5.88. The molecule has 0 atom stereocenters. The van der Waals surface area contributed by atoms with Crippen LogP contribution in [0.15, 0.2) is 43.0 Å². The molecule has 0 aliphatic heterocycles. The molecular weight excluding hydrogens is 248 g/mol. The molecule has 0 amide bonds. The third-order valence-corrected chi connectivity index (χ3v) is 3.36. The normalized spacial score (nSPS) is 11.6. The molecule has 0 unspecified atom stereocenters. The summed E-state index contributed by atoms with van der Waals surface area (Å²) in [7, 11) is 0. The lowest BCUT2D eigenvalue weighted by atomic mass is 10.0. The molecule has 0 saturated carbocycles. The molecule has 0 aliphatic carbocycles. The Bertz CT molecular complexity index is 614. The first-order valence-electron chi connectivity index (χ1n) is 6.85. The van der Waals surface area contributed by atoms with Gasteiger partial charge in [0.2, 0.25) is 0 Å². The summed E-state index contributed by atoms with van der Waals surface area (Å²) in [5, 5.41) is 10.6. The second-order valence-corrected chi connectivity index (χ2v) is 5.88. The molecule has 0 bridgehead atoms. The van der Waals surface area contributed by atoms with E-state index in [2.05, 4.69) is 32.3 Å². The molecule has 3 nitrogen and oxygen atoms in total. The fourth-order valence-electron chi connectivity index (χ4n) is 2.34. The fourth-order valence-corrected chi connectivity index (χ4v) is 2.34. The highest BCUT2D eigenvalue weighted by Crippen LogP contribution is 2.27. The van der Waals surface area contributed by atoms with Gasteiger partial charge in [-0.2, -0.15) is 0 Å². The van der Waals surface area contributed by atoms with E-state index in [4.69, 9.17) is 4.98 Å². The van der Waals surface area contributed by atoms with Crippen molar-refractivity contribution in [3.05, 3.63) is 48.6 Å². The lowest BCUT2D eigenvalue weighted by Crippen LogP contribution is -2.42. The molecular formula is C17H22N2O. The van der Waals surface area contributed by atoms with Gasteiger partial charge < -0.3 is 10.0 Å². The summed E-state index contributed by atoms with van der Waals surface area (Å²) in [6.45, 7) is 11.0. The van der Waals surface area contributed by atoms with Crippen LogP contribution in [0.4, 0.5) is 5.82 Å². The number of nitrogens with zero attached hydrogens (tertiary/aromatic N) is 2. The van der Waals surface area contributed by atoms with Gasteiger partial charge >= 0.3 is 0 Å². The number of hydrogen-bond donors (Lipinski definition) is 1. The van der Waals surface area contributed by atoms with Crippen molar-refractivity contribution >= 4 is 16.7 Å². The van der Waals surface area contributed by atoms with Gasteiger partial charge in [-0.25, -0.2) is 4.98 Å². The number of pyridine rings is 1. The Kier molecular flexibility index (Phi) is 4.09. The third-order valence-electron chi connectivity index (χ3n) is 3.36. The van der Waals surface area contributed by atoms with Gasteiger partial charge in [-0.15, -0.1) is 6.58 Å².